The van der Waals surface area contributed by atoms with Gasteiger partial charge in [0.05, 0.1) is 62.5 Å². The lowest BCUT2D eigenvalue weighted by Crippen LogP contribution is -2.22. The zero-order valence-corrected chi connectivity index (χ0v) is 39.4. The molecule has 6 aliphatic rings. The molecular formula is C52H54N8S2. The Morgan fingerprint density at radius 3 is 1.16 bits per heavy atom. The Morgan fingerprint density at radius 2 is 0.806 bits per heavy atom. The number of benzene rings is 2. The third-order valence-electron chi connectivity index (χ3n) is 11.8. The fraction of sp³-hybridized carbons (Fsp3) is 0.308. The number of rotatable bonds is 4. The van der Waals surface area contributed by atoms with Crippen molar-refractivity contribution in [2.24, 2.45) is 20.0 Å². The second-order valence-corrected chi connectivity index (χ2v) is 21.9. The number of hydrazine groups is 1. The van der Waals surface area contributed by atoms with Gasteiger partial charge < -0.3 is 5.43 Å². The van der Waals surface area contributed by atoms with Gasteiger partial charge in [0.1, 0.15) is 5.69 Å². The largest absolute Gasteiger partial charge is 0.310 e. The molecule has 0 spiro atoms. The Kier molecular flexibility index (Phi) is 10.2. The first-order valence-electron chi connectivity index (χ1n) is 21.3. The highest BCUT2D eigenvalue weighted by molar-refractivity contribution is 8.00. The first kappa shape index (κ1) is 41.8. The summed E-state index contributed by atoms with van der Waals surface area (Å²) in [5, 5.41) is 8.58. The number of nitrogens with zero attached hydrogens (tertiary/aromatic N) is 6. The van der Waals surface area contributed by atoms with Gasteiger partial charge in [0.15, 0.2) is 0 Å². The molecule has 8 nitrogen and oxygen atoms in total. The number of fused-ring (bicyclic) bond motifs is 4. The molecule has 8 bridgehead atoms. The smallest absolute Gasteiger partial charge is 0.110 e. The van der Waals surface area contributed by atoms with Crippen LogP contribution in [0.1, 0.15) is 122 Å². The molecule has 0 saturated heterocycles. The molecule has 0 unspecified atom stereocenters. The van der Waals surface area contributed by atoms with Gasteiger partial charge in [-0.1, -0.05) is 124 Å². The summed E-state index contributed by atoms with van der Waals surface area (Å²) in [7, 11) is 0. The third-order valence-corrected chi connectivity index (χ3v) is 12.9. The number of hydrogen-bond acceptors (Lipinski definition) is 10. The van der Waals surface area contributed by atoms with Crippen LogP contribution in [0.3, 0.4) is 0 Å². The van der Waals surface area contributed by atoms with Crippen LogP contribution in [-0.4, -0.2) is 32.4 Å². The van der Waals surface area contributed by atoms with Crippen LogP contribution in [0.2, 0.25) is 0 Å². The minimum atomic E-state index is -0.0938. The Balaban J connectivity index is 1.40. The van der Waals surface area contributed by atoms with Crippen molar-refractivity contribution >= 4 is 63.0 Å². The Morgan fingerprint density at radius 1 is 0.435 bits per heavy atom. The first-order chi connectivity index (χ1) is 29.2. The summed E-state index contributed by atoms with van der Waals surface area (Å²) in [6.07, 6.45) is 16.9. The minimum absolute atomic E-state index is 0.0904. The van der Waals surface area contributed by atoms with Crippen molar-refractivity contribution in [2.45, 2.75) is 105 Å². The average Bonchev–Trinajstić information content (AvgIpc) is 4.05. The van der Waals surface area contributed by atoms with Crippen LogP contribution < -0.4 is 10.3 Å². The Hall–Kier alpha value is -5.55. The highest BCUT2D eigenvalue weighted by Gasteiger charge is 2.32. The molecule has 7 heterocycles. The summed E-state index contributed by atoms with van der Waals surface area (Å²) >= 11 is 2.80. The summed E-state index contributed by atoms with van der Waals surface area (Å²) in [5.74, 6) is 0. The van der Waals surface area contributed by atoms with E-state index in [0.717, 1.165) is 90.4 Å². The fourth-order valence-electron chi connectivity index (χ4n) is 8.09. The molecule has 3 aromatic rings. The Labute approximate surface area is 374 Å². The van der Waals surface area contributed by atoms with Crippen LogP contribution in [0.25, 0.3) is 16.7 Å². The lowest BCUT2D eigenvalue weighted by atomic mass is 9.78. The van der Waals surface area contributed by atoms with Crippen LogP contribution in [-0.2, 0) is 21.7 Å². The van der Waals surface area contributed by atoms with Gasteiger partial charge in [-0.3, -0.25) is 0 Å². The molecule has 62 heavy (non-hydrogen) atoms. The van der Waals surface area contributed by atoms with Gasteiger partial charge in [-0.2, -0.15) is 4.83 Å². The van der Waals surface area contributed by atoms with E-state index in [1.54, 1.807) is 0 Å². The SMILES string of the molecule is CC(C)(C)c1cc(C2=C3C=CC(=N3)C(C3=CSNN3)=C3C=CC(=N3)C(c3csnn3)=C3C=CC(=N3)C(c3cc(C(C)(C)C)cc(C(C)(C)C)c3)=C3C=CC2=N3)cc(C(C)(C)C)c1. The summed E-state index contributed by atoms with van der Waals surface area (Å²) < 4.78 is 4.27. The maximum absolute atomic E-state index is 5.63. The van der Waals surface area contributed by atoms with Crippen LogP contribution in [0.4, 0.5) is 0 Å². The van der Waals surface area contributed by atoms with Gasteiger partial charge in [-0.05, 0) is 127 Å². The highest BCUT2D eigenvalue weighted by atomic mass is 32.2. The van der Waals surface area contributed by atoms with Crippen molar-refractivity contribution in [2.75, 3.05) is 0 Å². The molecule has 0 fully saturated rings. The monoisotopic (exact) mass is 854 g/mol. The van der Waals surface area contributed by atoms with Gasteiger partial charge in [-0.25, -0.2) is 20.0 Å². The summed E-state index contributed by atoms with van der Waals surface area (Å²) in [6, 6.07) is 14.1. The van der Waals surface area contributed by atoms with Gasteiger partial charge in [-0.15, -0.1) is 5.10 Å². The van der Waals surface area contributed by atoms with Crippen molar-refractivity contribution < 1.29 is 0 Å². The zero-order valence-electron chi connectivity index (χ0n) is 37.7. The predicted molar refractivity (Wildman–Crippen MR) is 264 cm³/mol. The summed E-state index contributed by atoms with van der Waals surface area (Å²) in [4.78, 5) is 25.1. The maximum Gasteiger partial charge on any atom is 0.110 e. The van der Waals surface area contributed by atoms with E-state index < -0.39 is 0 Å². The topological polar surface area (TPSA) is 99.3 Å². The molecule has 2 aromatic carbocycles. The number of hydrogen-bond donors (Lipinski definition) is 2. The number of aromatic nitrogens is 2. The molecular weight excluding hydrogens is 801 g/mol. The van der Waals surface area contributed by atoms with E-state index in [1.807, 2.05) is 5.38 Å². The highest BCUT2D eigenvalue weighted by Crippen LogP contribution is 2.41. The van der Waals surface area contributed by atoms with E-state index in [9.17, 15) is 0 Å². The number of allylic oxidation sites excluding steroid dienone is 12. The lowest BCUT2D eigenvalue weighted by Gasteiger charge is -2.27. The van der Waals surface area contributed by atoms with Crippen molar-refractivity contribution in [1.29, 1.82) is 0 Å². The molecule has 314 valence electrons. The molecule has 1 aromatic heterocycles. The fourth-order valence-corrected chi connectivity index (χ4v) is 9.06. The minimum Gasteiger partial charge on any atom is -0.310 e. The lowest BCUT2D eigenvalue weighted by molar-refractivity contribution is 0.567. The summed E-state index contributed by atoms with van der Waals surface area (Å²) in [5.41, 5.74) is 21.9. The standard InChI is InChI=1S/C52H54N8S2/c1-49(2,3)31-21-29(22-32(25-31)50(4,5)6)45-35-13-14-36(53-35)46(30-23-33(51(7,8)9)26-34(24-30)52(10,11)12)38-16-18-40(55-38)48(44-28-62-60-58-44)42-20-19-41(56-42)47(43-27-61-59-57-43)39-17-15-37(45)54-39/h13-28,57,59H,1-12H3. The molecule has 9 rings (SSSR count). The van der Waals surface area contributed by atoms with E-state index in [1.165, 1.54) is 45.7 Å². The van der Waals surface area contributed by atoms with E-state index in [2.05, 4.69) is 193 Å². The molecule has 10 heteroatoms. The first-order valence-corrected chi connectivity index (χ1v) is 23.0. The third kappa shape index (κ3) is 7.89. The molecule has 2 N–H and O–H groups in total. The van der Waals surface area contributed by atoms with E-state index in [-0.39, 0.29) is 21.7 Å². The van der Waals surface area contributed by atoms with Gasteiger partial charge in [0, 0.05) is 21.9 Å². The van der Waals surface area contributed by atoms with Gasteiger partial charge in [0.25, 0.3) is 0 Å². The molecule has 0 radical (unpaired) electrons. The summed E-state index contributed by atoms with van der Waals surface area (Å²) in [6.45, 7) is 27.4. The van der Waals surface area contributed by atoms with E-state index in [0.29, 0.717) is 0 Å². The quantitative estimate of drug-likeness (QED) is 0.255. The van der Waals surface area contributed by atoms with E-state index >= 15 is 0 Å². The maximum atomic E-state index is 5.63. The zero-order chi connectivity index (χ0) is 43.9. The second-order valence-electron chi connectivity index (χ2n) is 20.6. The van der Waals surface area contributed by atoms with Crippen LogP contribution in [0.5, 0.6) is 0 Å². The number of nitrogens with one attached hydrogen (secondary N) is 2. The van der Waals surface area contributed by atoms with Crippen LogP contribution >= 0.6 is 23.5 Å². The predicted octanol–water partition coefficient (Wildman–Crippen LogP) is 12.2. The van der Waals surface area contributed by atoms with Gasteiger partial charge in [0.2, 0.25) is 0 Å². The van der Waals surface area contributed by atoms with Crippen molar-refractivity contribution in [3.05, 3.63) is 169 Å². The van der Waals surface area contributed by atoms with Crippen molar-refractivity contribution in [3.63, 3.8) is 0 Å². The normalized spacial score (nSPS) is 18.9. The second kappa shape index (κ2) is 15.1. The van der Waals surface area contributed by atoms with Crippen LogP contribution in [0, 0.1) is 0 Å². The van der Waals surface area contributed by atoms with Crippen molar-refractivity contribution in [3.8, 4) is 0 Å². The molecule has 0 aliphatic carbocycles. The van der Waals surface area contributed by atoms with Gasteiger partial charge >= 0.3 is 0 Å². The molecule has 0 saturated carbocycles. The van der Waals surface area contributed by atoms with Crippen molar-refractivity contribution in [1.82, 2.24) is 19.8 Å². The molecule has 0 amide bonds. The van der Waals surface area contributed by atoms with E-state index in [4.69, 9.17) is 20.0 Å². The molecule has 0 atom stereocenters. The van der Waals surface area contributed by atoms with Crippen LogP contribution in [0.15, 0.2) is 150 Å². The number of aliphatic imine (C=N–C) groups is 4. The molecule has 6 aliphatic heterocycles. The average molecular weight is 855 g/mol. The Bertz CT molecular complexity index is 2800.